The fraction of sp³-hybridized carbons (Fsp3) is 0.167. The van der Waals surface area contributed by atoms with Crippen molar-refractivity contribution in [2.24, 2.45) is 5.73 Å². The van der Waals surface area contributed by atoms with E-state index in [4.69, 9.17) is 10.5 Å². The molecule has 0 aliphatic heterocycles. The van der Waals surface area contributed by atoms with E-state index >= 15 is 0 Å². The van der Waals surface area contributed by atoms with Crippen LogP contribution in [0.2, 0.25) is 0 Å². The molecule has 0 fully saturated rings. The summed E-state index contributed by atoms with van der Waals surface area (Å²) in [5.74, 6) is -0.246. The predicted molar refractivity (Wildman–Crippen MR) is 73.5 cm³/mol. The van der Waals surface area contributed by atoms with Crippen LogP contribution in [0.5, 0.6) is 5.75 Å². The van der Waals surface area contributed by atoms with Crippen LogP contribution >= 0.6 is 0 Å². The van der Waals surface area contributed by atoms with E-state index in [1.807, 2.05) is 0 Å². The molecule has 21 heavy (non-hydrogen) atoms. The van der Waals surface area contributed by atoms with Gasteiger partial charge in [0.1, 0.15) is 12.3 Å². The lowest BCUT2D eigenvalue weighted by Crippen LogP contribution is -2.32. The molecule has 0 radical (unpaired) electrons. The summed E-state index contributed by atoms with van der Waals surface area (Å²) in [5.41, 5.74) is 4.13. The first kappa shape index (κ1) is 14.9. The molecule has 2 N–H and O–H groups in total. The highest BCUT2D eigenvalue weighted by atomic mass is 32.2. The monoisotopic (exact) mass is 311 g/mol. The Hall–Kier alpha value is -2.55. The number of primary amides is 1. The average Bonchev–Trinajstić information content (AvgIpc) is 2.80. The van der Waals surface area contributed by atoms with Crippen molar-refractivity contribution in [1.82, 2.24) is 8.54 Å². The van der Waals surface area contributed by atoms with E-state index in [1.165, 1.54) is 37.6 Å². The first-order valence-corrected chi connectivity index (χ1v) is 7.26. The van der Waals surface area contributed by atoms with Gasteiger partial charge in [-0.05, 0) is 24.3 Å². The molecule has 9 heteroatoms. The maximum absolute atomic E-state index is 12.3. The maximum atomic E-state index is 12.3. The molecule has 1 aromatic heterocycles. The van der Waals surface area contributed by atoms with Crippen molar-refractivity contribution >= 4 is 15.9 Å². The Bertz CT molecular complexity index is 817. The third kappa shape index (κ3) is 2.82. The molecule has 0 bridgehead atoms. The first-order chi connectivity index (χ1) is 9.86. The number of nitrogens with two attached hydrogens (primary N) is 1. The predicted octanol–water partition coefficient (Wildman–Crippen LogP) is -0.619. The first-order valence-electron chi connectivity index (χ1n) is 5.82. The number of carbonyl (C=O) groups is 1. The number of rotatable bonds is 5. The number of imidazole rings is 1. The zero-order chi connectivity index (χ0) is 15.6. The minimum atomic E-state index is -4.03. The van der Waals surface area contributed by atoms with Crippen LogP contribution in [0.3, 0.4) is 0 Å². The number of nitrogens with zero attached hydrogens (tertiary/aromatic N) is 2. The molecule has 0 spiro atoms. The van der Waals surface area contributed by atoms with Gasteiger partial charge in [-0.3, -0.25) is 9.36 Å². The van der Waals surface area contributed by atoms with Gasteiger partial charge in [0.05, 0.1) is 12.0 Å². The summed E-state index contributed by atoms with van der Waals surface area (Å²) in [6, 6.07) is 5.59. The Morgan fingerprint density at radius 2 is 1.86 bits per heavy atom. The van der Waals surface area contributed by atoms with Crippen molar-refractivity contribution in [1.29, 1.82) is 0 Å². The molecule has 1 heterocycles. The van der Waals surface area contributed by atoms with Gasteiger partial charge >= 0.3 is 5.69 Å². The molecule has 8 nitrogen and oxygen atoms in total. The molecule has 0 atom stereocenters. The molecule has 112 valence electrons. The maximum Gasteiger partial charge on any atom is 0.342 e. The summed E-state index contributed by atoms with van der Waals surface area (Å²) in [5, 5.41) is 0. The Morgan fingerprint density at radius 1 is 1.24 bits per heavy atom. The lowest BCUT2D eigenvalue weighted by Gasteiger charge is -2.05. The quantitative estimate of drug-likeness (QED) is 0.790. The van der Waals surface area contributed by atoms with Crippen LogP contribution < -0.4 is 16.2 Å². The van der Waals surface area contributed by atoms with E-state index < -0.39 is 21.6 Å². The second kappa shape index (κ2) is 5.44. The van der Waals surface area contributed by atoms with E-state index in [0.717, 1.165) is 10.8 Å². The highest BCUT2D eigenvalue weighted by Crippen LogP contribution is 2.17. The Balaban J connectivity index is 2.46. The lowest BCUT2D eigenvalue weighted by atomic mass is 10.3. The SMILES string of the molecule is COc1ccc(S(=O)(=O)n2ccn(CC(N)=O)c2=O)cc1. The fourth-order valence-electron chi connectivity index (χ4n) is 1.73. The van der Waals surface area contributed by atoms with Gasteiger partial charge in [-0.1, -0.05) is 0 Å². The fourth-order valence-corrected chi connectivity index (χ4v) is 2.96. The highest BCUT2D eigenvalue weighted by Gasteiger charge is 2.20. The number of methoxy groups -OCH3 is 1. The molecule has 0 saturated heterocycles. The summed E-state index contributed by atoms with van der Waals surface area (Å²) in [6.45, 7) is -0.385. The summed E-state index contributed by atoms with van der Waals surface area (Å²) >= 11 is 0. The highest BCUT2D eigenvalue weighted by molar-refractivity contribution is 7.90. The van der Waals surface area contributed by atoms with Crippen LogP contribution in [-0.2, 0) is 21.4 Å². The van der Waals surface area contributed by atoms with Gasteiger partial charge < -0.3 is 10.5 Å². The number of ether oxygens (including phenoxy) is 1. The van der Waals surface area contributed by atoms with Gasteiger partial charge in [0.2, 0.25) is 5.91 Å². The number of amides is 1. The van der Waals surface area contributed by atoms with Crippen molar-refractivity contribution in [2.75, 3.05) is 7.11 Å². The molecule has 0 aliphatic carbocycles. The van der Waals surface area contributed by atoms with E-state index in [9.17, 15) is 18.0 Å². The van der Waals surface area contributed by atoms with E-state index in [0.29, 0.717) is 9.72 Å². The van der Waals surface area contributed by atoms with Crippen LogP contribution in [-0.4, -0.2) is 30.0 Å². The minimum Gasteiger partial charge on any atom is -0.497 e. The summed E-state index contributed by atoms with van der Waals surface area (Å²) in [6.07, 6.45) is 2.26. The van der Waals surface area contributed by atoms with Crippen molar-refractivity contribution in [2.45, 2.75) is 11.4 Å². The molecule has 2 rings (SSSR count). The zero-order valence-electron chi connectivity index (χ0n) is 11.1. The molecule has 1 amide bonds. The zero-order valence-corrected chi connectivity index (χ0v) is 11.9. The number of hydrogen-bond donors (Lipinski definition) is 1. The smallest absolute Gasteiger partial charge is 0.342 e. The van der Waals surface area contributed by atoms with Crippen LogP contribution in [0.1, 0.15) is 0 Å². The van der Waals surface area contributed by atoms with Gasteiger partial charge in [-0.2, -0.15) is 3.97 Å². The van der Waals surface area contributed by atoms with Crippen LogP contribution in [0.4, 0.5) is 0 Å². The molecule has 2 aromatic rings. The van der Waals surface area contributed by atoms with Gasteiger partial charge in [0, 0.05) is 12.4 Å². The van der Waals surface area contributed by atoms with Crippen LogP contribution in [0.15, 0.2) is 46.3 Å². The van der Waals surface area contributed by atoms with Crippen LogP contribution in [0, 0.1) is 0 Å². The van der Waals surface area contributed by atoms with Crippen molar-refractivity contribution in [3.63, 3.8) is 0 Å². The summed E-state index contributed by atoms with van der Waals surface area (Å²) < 4.78 is 31.1. The van der Waals surface area contributed by atoms with Crippen molar-refractivity contribution in [3.8, 4) is 5.75 Å². The molecular weight excluding hydrogens is 298 g/mol. The molecule has 0 aliphatic rings. The molecule has 0 saturated carbocycles. The number of hydrogen-bond acceptors (Lipinski definition) is 5. The third-order valence-corrected chi connectivity index (χ3v) is 4.42. The standard InChI is InChI=1S/C12H13N3O5S/c1-20-9-2-4-10(5-3-9)21(18,19)15-7-6-14(12(15)17)8-11(13)16/h2-7H,8H2,1H3,(H2,13,16). The van der Waals surface area contributed by atoms with Gasteiger partial charge in [0.25, 0.3) is 10.0 Å². The van der Waals surface area contributed by atoms with Crippen molar-refractivity contribution in [3.05, 3.63) is 47.1 Å². The number of benzene rings is 1. The molecule has 0 unspecified atom stereocenters. The van der Waals surface area contributed by atoms with Gasteiger partial charge in [-0.25, -0.2) is 13.2 Å². The molecular formula is C12H13N3O5S. The van der Waals surface area contributed by atoms with E-state index in [-0.39, 0.29) is 11.4 Å². The van der Waals surface area contributed by atoms with Gasteiger partial charge in [0.15, 0.2) is 0 Å². The second-order valence-corrected chi connectivity index (χ2v) is 5.97. The topological polar surface area (TPSA) is 113 Å². The Labute approximate surface area is 120 Å². The normalized spacial score (nSPS) is 11.3. The summed E-state index contributed by atoms with van der Waals surface area (Å²) in [4.78, 5) is 22.7. The second-order valence-electron chi connectivity index (χ2n) is 4.15. The Morgan fingerprint density at radius 3 is 2.38 bits per heavy atom. The average molecular weight is 311 g/mol. The number of aromatic nitrogens is 2. The van der Waals surface area contributed by atoms with E-state index in [2.05, 4.69) is 0 Å². The van der Waals surface area contributed by atoms with Crippen molar-refractivity contribution < 1.29 is 17.9 Å². The largest absolute Gasteiger partial charge is 0.497 e. The van der Waals surface area contributed by atoms with Crippen LogP contribution in [0.25, 0.3) is 0 Å². The summed E-state index contributed by atoms with van der Waals surface area (Å²) in [7, 11) is -2.58. The minimum absolute atomic E-state index is 0.0674. The number of carbonyl (C=O) groups excluding carboxylic acids is 1. The Kier molecular flexibility index (Phi) is 3.85. The van der Waals surface area contributed by atoms with E-state index in [1.54, 1.807) is 0 Å². The lowest BCUT2D eigenvalue weighted by molar-refractivity contribution is -0.118. The third-order valence-electron chi connectivity index (χ3n) is 2.76. The molecule has 1 aromatic carbocycles. The van der Waals surface area contributed by atoms with Gasteiger partial charge in [-0.15, -0.1) is 0 Å².